The number of carbonyl (C=O) groups is 1. The van der Waals surface area contributed by atoms with Gasteiger partial charge in [0, 0.05) is 30.0 Å². The van der Waals surface area contributed by atoms with E-state index in [1.165, 1.54) is 5.56 Å². The van der Waals surface area contributed by atoms with Crippen molar-refractivity contribution in [3.05, 3.63) is 48.0 Å². The van der Waals surface area contributed by atoms with E-state index in [-0.39, 0.29) is 18.7 Å². The van der Waals surface area contributed by atoms with Crippen molar-refractivity contribution in [1.82, 2.24) is 14.9 Å². The molecule has 2 N–H and O–H groups in total. The number of hydrogen-bond donors (Lipinski definition) is 2. The van der Waals surface area contributed by atoms with Crippen molar-refractivity contribution in [3.63, 3.8) is 0 Å². The topological polar surface area (TPSA) is 68.2 Å². The Labute approximate surface area is 154 Å². The smallest absolute Gasteiger partial charge is 0.312 e. The zero-order valence-corrected chi connectivity index (χ0v) is 15.5. The SMILES string of the molecule is CC(C)(C)C(=O)OCn1ccnc1[C@@H]1Nc2ccccc2C2NCC[C@@H]21. The molecule has 0 spiro atoms. The molecule has 3 heterocycles. The van der Waals surface area contributed by atoms with Gasteiger partial charge in [0.15, 0.2) is 6.73 Å². The predicted octanol–water partition coefficient (Wildman–Crippen LogP) is 3.25. The van der Waals surface area contributed by atoms with Gasteiger partial charge in [-0.05, 0) is 45.4 Å². The van der Waals surface area contributed by atoms with Gasteiger partial charge >= 0.3 is 5.97 Å². The fourth-order valence-corrected chi connectivity index (χ4v) is 3.91. The lowest BCUT2D eigenvalue weighted by Gasteiger charge is -2.36. The van der Waals surface area contributed by atoms with Crippen molar-refractivity contribution in [2.45, 2.75) is 46.0 Å². The van der Waals surface area contributed by atoms with Crippen LogP contribution in [0.25, 0.3) is 0 Å². The second-order valence-electron chi connectivity index (χ2n) is 8.16. The Hall–Kier alpha value is -2.34. The molecule has 4 rings (SSSR count). The van der Waals surface area contributed by atoms with Crippen LogP contribution in [0.3, 0.4) is 0 Å². The van der Waals surface area contributed by atoms with Gasteiger partial charge in [0.2, 0.25) is 0 Å². The molecule has 26 heavy (non-hydrogen) atoms. The lowest BCUT2D eigenvalue weighted by Crippen LogP contribution is -2.34. The molecule has 2 aromatic rings. The summed E-state index contributed by atoms with van der Waals surface area (Å²) in [5.74, 6) is 1.13. The Morgan fingerprint density at radius 3 is 2.92 bits per heavy atom. The Bertz CT molecular complexity index is 808. The number of nitrogens with one attached hydrogen (secondary N) is 2. The molecular formula is C20H26N4O2. The van der Waals surface area contributed by atoms with Crippen molar-refractivity contribution >= 4 is 11.7 Å². The molecule has 6 nitrogen and oxygen atoms in total. The highest BCUT2D eigenvalue weighted by atomic mass is 16.5. The minimum absolute atomic E-state index is 0.0910. The lowest BCUT2D eigenvalue weighted by molar-refractivity contribution is -0.157. The van der Waals surface area contributed by atoms with Crippen LogP contribution in [0.1, 0.15) is 50.7 Å². The third-order valence-corrected chi connectivity index (χ3v) is 5.28. The number of aromatic nitrogens is 2. The van der Waals surface area contributed by atoms with Crippen LogP contribution < -0.4 is 10.6 Å². The fraction of sp³-hybridized carbons (Fsp3) is 0.500. The molecule has 0 amide bonds. The van der Waals surface area contributed by atoms with Gasteiger partial charge in [-0.25, -0.2) is 4.98 Å². The Balaban J connectivity index is 1.59. The van der Waals surface area contributed by atoms with Gasteiger partial charge in [-0.2, -0.15) is 0 Å². The first-order chi connectivity index (χ1) is 12.4. The van der Waals surface area contributed by atoms with E-state index in [0.717, 1.165) is 24.5 Å². The highest BCUT2D eigenvalue weighted by Crippen LogP contribution is 2.46. The molecule has 1 unspecified atom stereocenters. The molecule has 0 radical (unpaired) electrons. The molecule has 1 fully saturated rings. The molecule has 0 aliphatic carbocycles. The number of carbonyl (C=O) groups excluding carboxylic acids is 1. The Morgan fingerprint density at radius 1 is 1.31 bits per heavy atom. The van der Waals surface area contributed by atoms with E-state index < -0.39 is 5.41 Å². The average Bonchev–Trinajstić information content (AvgIpc) is 3.27. The molecule has 0 saturated carbocycles. The van der Waals surface area contributed by atoms with Gasteiger partial charge < -0.3 is 15.4 Å². The van der Waals surface area contributed by atoms with Crippen molar-refractivity contribution in [3.8, 4) is 0 Å². The van der Waals surface area contributed by atoms with Crippen LogP contribution in [0.15, 0.2) is 36.7 Å². The minimum Gasteiger partial charge on any atom is -0.443 e. The number of hydrogen-bond acceptors (Lipinski definition) is 5. The van der Waals surface area contributed by atoms with Crippen LogP contribution >= 0.6 is 0 Å². The number of para-hydroxylation sites is 1. The maximum Gasteiger partial charge on any atom is 0.312 e. The van der Waals surface area contributed by atoms with E-state index in [0.29, 0.717) is 12.0 Å². The van der Waals surface area contributed by atoms with E-state index in [2.05, 4.69) is 39.9 Å². The molecule has 0 bridgehead atoms. The maximum absolute atomic E-state index is 12.1. The molecular weight excluding hydrogens is 328 g/mol. The first-order valence-electron chi connectivity index (χ1n) is 9.22. The number of esters is 1. The summed E-state index contributed by atoms with van der Waals surface area (Å²) in [6.07, 6.45) is 4.75. The summed E-state index contributed by atoms with van der Waals surface area (Å²) in [4.78, 5) is 16.7. The van der Waals surface area contributed by atoms with Crippen LogP contribution in [0.4, 0.5) is 5.69 Å². The quantitative estimate of drug-likeness (QED) is 0.828. The van der Waals surface area contributed by atoms with Crippen molar-refractivity contribution in [2.75, 3.05) is 11.9 Å². The van der Waals surface area contributed by atoms with Crippen molar-refractivity contribution in [1.29, 1.82) is 0 Å². The van der Waals surface area contributed by atoms with Gasteiger partial charge in [0.25, 0.3) is 0 Å². The van der Waals surface area contributed by atoms with Gasteiger partial charge in [0.1, 0.15) is 5.82 Å². The first-order valence-corrected chi connectivity index (χ1v) is 9.22. The van der Waals surface area contributed by atoms with Gasteiger partial charge in [-0.1, -0.05) is 18.2 Å². The minimum atomic E-state index is -0.511. The molecule has 1 aromatic carbocycles. The number of anilines is 1. The number of imidazole rings is 1. The number of ether oxygens (including phenoxy) is 1. The van der Waals surface area contributed by atoms with Gasteiger partial charge in [-0.15, -0.1) is 0 Å². The molecule has 2 aliphatic heterocycles. The molecule has 1 saturated heterocycles. The maximum atomic E-state index is 12.1. The number of nitrogens with zero attached hydrogens (tertiary/aromatic N) is 2. The second-order valence-corrected chi connectivity index (χ2v) is 8.16. The standard InChI is InChI=1S/C20H26N4O2/c1-20(2,3)19(25)26-12-24-11-10-22-18(24)17-14-8-9-21-16(14)13-6-4-5-7-15(13)23-17/h4-7,10-11,14,16-17,21,23H,8-9,12H2,1-3H3/t14-,16?,17+/m0/s1. The molecule has 1 aromatic heterocycles. The zero-order chi connectivity index (χ0) is 18.3. The summed E-state index contributed by atoms with van der Waals surface area (Å²) in [5.41, 5.74) is 1.96. The van der Waals surface area contributed by atoms with E-state index in [1.54, 1.807) is 6.20 Å². The summed E-state index contributed by atoms with van der Waals surface area (Å²) >= 11 is 0. The molecule has 2 aliphatic rings. The summed E-state index contributed by atoms with van der Waals surface area (Å²) in [6.45, 7) is 6.77. The highest BCUT2D eigenvalue weighted by molar-refractivity contribution is 5.75. The third kappa shape index (κ3) is 2.98. The van der Waals surface area contributed by atoms with Crippen LogP contribution in [-0.2, 0) is 16.3 Å². The normalized spacial score (nSPS) is 24.5. The highest BCUT2D eigenvalue weighted by Gasteiger charge is 2.41. The van der Waals surface area contributed by atoms with Gasteiger partial charge in [-0.3, -0.25) is 9.36 Å². The number of benzene rings is 1. The molecule has 3 atom stereocenters. The summed E-state index contributed by atoms with van der Waals surface area (Å²) in [7, 11) is 0. The molecule has 138 valence electrons. The number of fused-ring (bicyclic) bond motifs is 3. The monoisotopic (exact) mass is 354 g/mol. The van der Waals surface area contributed by atoms with Crippen LogP contribution in [-0.4, -0.2) is 22.1 Å². The Kier molecular flexibility index (Phi) is 4.23. The largest absolute Gasteiger partial charge is 0.443 e. The lowest BCUT2D eigenvalue weighted by atomic mass is 9.83. The first kappa shape index (κ1) is 17.1. The summed E-state index contributed by atoms with van der Waals surface area (Å²) in [5, 5.41) is 7.30. The van der Waals surface area contributed by atoms with Crippen LogP contribution in [0.2, 0.25) is 0 Å². The van der Waals surface area contributed by atoms with E-state index >= 15 is 0 Å². The van der Waals surface area contributed by atoms with Crippen molar-refractivity contribution in [2.24, 2.45) is 11.3 Å². The second kappa shape index (κ2) is 6.43. The predicted molar refractivity (Wildman–Crippen MR) is 99.4 cm³/mol. The summed E-state index contributed by atoms with van der Waals surface area (Å²) < 4.78 is 7.44. The Morgan fingerprint density at radius 2 is 2.12 bits per heavy atom. The molecule has 6 heteroatoms. The van der Waals surface area contributed by atoms with Crippen molar-refractivity contribution < 1.29 is 9.53 Å². The van der Waals surface area contributed by atoms with E-state index in [1.807, 2.05) is 31.5 Å². The zero-order valence-electron chi connectivity index (χ0n) is 15.5. The third-order valence-electron chi connectivity index (χ3n) is 5.28. The average molecular weight is 354 g/mol. The van der Waals surface area contributed by atoms with E-state index in [9.17, 15) is 4.79 Å². The van der Waals surface area contributed by atoms with Gasteiger partial charge in [0.05, 0.1) is 11.5 Å². The van der Waals surface area contributed by atoms with E-state index in [4.69, 9.17) is 4.74 Å². The van der Waals surface area contributed by atoms with Crippen LogP contribution in [0.5, 0.6) is 0 Å². The summed E-state index contributed by atoms with van der Waals surface area (Å²) in [6, 6.07) is 8.87. The fourth-order valence-electron chi connectivity index (χ4n) is 3.91. The van der Waals surface area contributed by atoms with Crippen LogP contribution in [0, 0.1) is 11.3 Å². The number of rotatable bonds is 3.